The van der Waals surface area contributed by atoms with Crippen LogP contribution in [0.2, 0.25) is 5.02 Å². The number of hydrogen-bond acceptors (Lipinski definition) is 3. The number of piperidine rings is 1. The van der Waals surface area contributed by atoms with Crippen LogP contribution in [0.25, 0.3) is 10.9 Å². The third kappa shape index (κ3) is 4.85. The Bertz CT molecular complexity index is 991. The molecule has 0 saturated carbocycles. The van der Waals surface area contributed by atoms with Crippen molar-refractivity contribution in [1.82, 2.24) is 9.88 Å². The lowest BCUT2D eigenvalue weighted by molar-refractivity contribution is -0.139. The topological polar surface area (TPSA) is 69.1 Å². The maximum absolute atomic E-state index is 13.5. The summed E-state index contributed by atoms with van der Waals surface area (Å²) in [7, 11) is 1.61. The van der Waals surface area contributed by atoms with Crippen molar-refractivity contribution in [3.63, 3.8) is 0 Å². The molecular weight excluding hydrogens is 410 g/mol. The van der Waals surface area contributed by atoms with Gasteiger partial charge >= 0.3 is 0 Å². The van der Waals surface area contributed by atoms with Crippen molar-refractivity contribution in [3.05, 3.63) is 28.9 Å². The van der Waals surface area contributed by atoms with Gasteiger partial charge in [0.15, 0.2) is 0 Å². The Morgan fingerprint density at radius 1 is 1.39 bits per heavy atom. The molecule has 1 aromatic carbocycles. The quantitative estimate of drug-likeness (QED) is 0.571. The highest BCUT2D eigenvalue weighted by Gasteiger charge is 2.38. The molecule has 31 heavy (non-hydrogen) atoms. The molecule has 0 spiro atoms. The molecule has 2 heterocycles. The summed E-state index contributed by atoms with van der Waals surface area (Å²) in [5, 5.41) is 11.0. The van der Waals surface area contributed by atoms with Crippen LogP contribution in [0.15, 0.2) is 18.3 Å². The molecule has 1 N–H and O–H groups in total. The van der Waals surface area contributed by atoms with Gasteiger partial charge < -0.3 is 14.6 Å². The second kappa shape index (κ2) is 9.12. The predicted octanol–water partition coefficient (Wildman–Crippen LogP) is 6.28. The number of H-pyrrole nitrogens is 1. The maximum Gasteiger partial charge on any atom is 0.223 e. The molecule has 1 aliphatic heterocycles. The maximum atomic E-state index is 13.5. The van der Waals surface area contributed by atoms with E-state index in [1.165, 1.54) is 0 Å². The summed E-state index contributed by atoms with van der Waals surface area (Å²) in [6, 6.07) is 6.48. The van der Waals surface area contributed by atoms with Crippen molar-refractivity contribution in [2.24, 2.45) is 11.3 Å². The van der Waals surface area contributed by atoms with Gasteiger partial charge in [0, 0.05) is 35.6 Å². The van der Waals surface area contributed by atoms with E-state index in [0.29, 0.717) is 29.5 Å². The van der Waals surface area contributed by atoms with Gasteiger partial charge in [0.2, 0.25) is 5.91 Å². The number of carbonyl (C=O) groups is 1. The van der Waals surface area contributed by atoms with Gasteiger partial charge in [0.05, 0.1) is 23.6 Å². The molecule has 1 aromatic heterocycles. The van der Waals surface area contributed by atoms with Crippen LogP contribution in [0.3, 0.4) is 0 Å². The van der Waals surface area contributed by atoms with Crippen LogP contribution in [0.1, 0.15) is 71.8 Å². The number of nitrogens with one attached hydrogen (secondary N) is 1. The van der Waals surface area contributed by atoms with Gasteiger partial charge in [-0.05, 0) is 69.6 Å². The number of carbonyl (C=O) groups excluding carboxylic acids is 1. The molecular formula is C25H34ClN3O2. The first kappa shape index (κ1) is 23.5. The summed E-state index contributed by atoms with van der Waals surface area (Å²) >= 11 is 6.60. The summed E-state index contributed by atoms with van der Waals surface area (Å²) in [4.78, 5) is 18.9. The number of benzene rings is 1. The van der Waals surface area contributed by atoms with E-state index < -0.39 is 5.41 Å². The van der Waals surface area contributed by atoms with E-state index in [9.17, 15) is 10.1 Å². The molecule has 1 fully saturated rings. The molecule has 5 nitrogen and oxygen atoms in total. The molecule has 3 rings (SSSR count). The molecule has 1 amide bonds. The van der Waals surface area contributed by atoms with Crippen LogP contribution < -0.4 is 4.74 Å². The highest BCUT2D eigenvalue weighted by molar-refractivity contribution is 6.37. The minimum Gasteiger partial charge on any atom is -0.495 e. The lowest BCUT2D eigenvalue weighted by atomic mass is 9.79. The molecule has 1 saturated heterocycles. The lowest BCUT2D eigenvalue weighted by Crippen LogP contribution is -2.52. The highest BCUT2D eigenvalue weighted by Crippen LogP contribution is 2.40. The van der Waals surface area contributed by atoms with Crippen molar-refractivity contribution in [2.45, 2.75) is 78.3 Å². The number of hydrogen-bond donors (Lipinski definition) is 1. The molecule has 0 aliphatic carbocycles. The third-order valence-electron chi connectivity index (χ3n) is 6.63. The average molecular weight is 444 g/mol. The fourth-order valence-electron chi connectivity index (χ4n) is 5.21. The number of rotatable bonds is 6. The third-order valence-corrected chi connectivity index (χ3v) is 7.01. The lowest BCUT2D eigenvalue weighted by Gasteiger charge is -2.45. The number of nitrogens with zero attached hydrogens (tertiary/aromatic N) is 2. The summed E-state index contributed by atoms with van der Waals surface area (Å²) in [5.74, 6) is 1.34. The van der Waals surface area contributed by atoms with Crippen molar-refractivity contribution >= 4 is 28.4 Å². The number of fused-ring (bicyclic) bond motifs is 1. The first-order valence-electron chi connectivity index (χ1n) is 11.1. The molecule has 4 unspecified atom stereocenters. The molecule has 4 atom stereocenters. The second-order valence-electron chi connectivity index (χ2n) is 9.93. The first-order chi connectivity index (χ1) is 14.6. The summed E-state index contributed by atoms with van der Waals surface area (Å²) < 4.78 is 5.38. The summed E-state index contributed by atoms with van der Waals surface area (Å²) in [6.07, 6.45) is 5.01. The number of ether oxygens (including phenoxy) is 1. The van der Waals surface area contributed by atoms with Crippen LogP contribution >= 0.6 is 11.6 Å². The zero-order valence-corrected chi connectivity index (χ0v) is 20.2. The van der Waals surface area contributed by atoms with E-state index in [0.717, 1.165) is 29.3 Å². The number of aromatic nitrogens is 1. The number of amides is 1. The Hall–Kier alpha value is -2.19. The Balaban J connectivity index is 1.85. The zero-order valence-electron chi connectivity index (χ0n) is 19.5. The normalized spacial score (nSPS) is 22.9. The van der Waals surface area contributed by atoms with Gasteiger partial charge in [-0.15, -0.1) is 0 Å². The monoisotopic (exact) mass is 443 g/mol. The zero-order chi connectivity index (χ0) is 22.9. The van der Waals surface area contributed by atoms with E-state index >= 15 is 0 Å². The number of aromatic amines is 1. The average Bonchev–Trinajstić information content (AvgIpc) is 3.12. The Morgan fingerprint density at radius 3 is 2.74 bits per heavy atom. The summed E-state index contributed by atoms with van der Waals surface area (Å²) in [6.45, 7) is 10.4. The highest BCUT2D eigenvalue weighted by atomic mass is 35.5. The van der Waals surface area contributed by atoms with Crippen molar-refractivity contribution < 1.29 is 9.53 Å². The minimum absolute atomic E-state index is 0.00188. The van der Waals surface area contributed by atoms with E-state index in [1.54, 1.807) is 7.11 Å². The largest absolute Gasteiger partial charge is 0.495 e. The van der Waals surface area contributed by atoms with Gasteiger partial charge in [-0.25, -0.2) is 0 Å². The van der Waals surface area contributed by atoms with Crippen molar-refractivity contribution in [3.8, 4) is 11.8 Å². The first-order valence-corrected chi connectivity index (χ1v) is 11.5. The Labute approximate surface area is 190 Å². The van der Waals surface area contributed by atoms with E-state index in [-0.39, 0.29) is 23.9 Å². The molecule has 6 heteroatoms. The van der Waals surface area contributed by atoms with E-state index in [1.807, 2.05) is 32.2 Å². The van der Waals surface area contributed by atoms with Gasteiger partial charge in [-0.2, -0.15) is 5.26 Å². The Kier molecular flexibility index (Phi) is 6.91. The Morgan fingerprint density at radius 2 is 2.10 bits per heavy atom. The fraction of sp³-hybridized carbons (Fsp3) is 0.600. The second-order valence-corrected chi connectivity index (χ2v) is 10.3. The SMILES string of the molecule is COc1ccc2[nH]cc(C(C)CC(=O)N3C(C)CC(C)CC3CC(C)(C)C#N)c2c1Cl. The molecule has 1 aliphatic rings. The minimum atomic E-state index is -0.452. The molecule has 0 radical (unpaired) electrons. The van der Waals surface area contributed by atoms with E-state index in [4.69, 9.17) is 16.3 Å². The van der Waals surface area contributed by atoms with Gasteiger partial charge in [0.1, 0.15) is 5.75 Å². The molecule has 2 aromatic rings. The van der Waals surface area contributed by atoms with Crippen LogP contribution in [0.5, 0.6) is 5.75 Å². The molecule has 168 valence electrons. The van der Waals surface area contributed by atoms with Crippen LogP contribution in [-0.4, -0.2) is 35.0 Å². The van der Waals surface area contributed by atoms with Crippen LogP contribution in [0.4, 0.5) is 0 Å². The van der Waals surface area contributed by atoms with Gasteiger partial charge in [0.25, 0.3) is 0 Å². The number of halogens is 1. The van der Waals surface area contributed by atoms with Crippen molar-refractivity contribution in [1.29, 1.82) is 5.26 Å². The van der Waals surface area contributed by atoms with Crippen LogP contribution in [0, 0.1) is 22.7 Å². The number of methoxy groups -OCH3 is 1. The standard InChI is InChI=1S/C25H34ClN3O2/c1-15-9-17(3)29(18(10-15)12-25(4,5)14-27)22(30)11-16(2)19-13-28-20-7-8-21(31-6)24(26)23(19)20/h7-8,13,15-18,28H,9-12H2,1-6H3. The predicted molar refractivity (Wildman–Crippen MR) is 125 cm³/mol. The molecule has 0 bridgehead atoms. The van der Waals surface area contributed by atoms with Crippen molar-refractivity contribution in [2.75, 3.05) is 7.11 Å². The number of likely N-dealkylation sites (tertiary alicyclic amines) is 1. The smallest absolute Gasteiger partial charge is 0.223 e. The van der Waals surface area contributed by atoms with E-state index in [2.05, 4.69) is 36.7 Å². The van der Waals surface area contributed by atoms with Gasteiger partial charge in [-0.1, -0.05) is 25.4 Å². The fourth-order valence-corrected chi connectivity index (χ4v) is 5.56. The number of nitriles is 1. The van der Waals surface area contributed by atoms with Crippen LogP contribution in [-0.2, 0) is 4.79 Å². The van der Waals surface area contributed by atoms with Gasteiger partial charge in [-0.3, -0.25) is 4.79 Å². The summed E-state index contributed by atoms with van der Waals surface area (Å²) in [5.41, 5.74) is 1.51.